The summed E-state index contributed by atoms with van der Waals surface area (Å²) in [5.74, 6) is 1.58. The minimum atomic E-state index is 0.473. The zero-order chi connectivity index (χ0) is 12.1. The highest BCUT2D eigenvalue weighted by molar-refractivity contribution is 6.29. The average molecular weight is 249 g/mol. The van der Waals surface area contributed by atoms with Gasteiger partial charge < -0.3 is 10.1 Å². The van der Waals surface area contributed by atoms with E-state index in [0.29, 0.717) is 11.8 Å². The number of benzene rings is 1. The zero-order valence-electron chi connectivity index (χ0n) is 9.48. The number of rotatable bonds is 4. The molecule has 0 amide bonds. The lowest BCUT2D eigenvalue weighted by atomic mass is 10.3. The van der Waals surface area contributed by atoms with E-state index in [-0.39, 0.29) is 0 Å². The zero-order valence-corrected chi connectivity index (χ0v) is 10.2. The summed E-state index contributed by atoms with van der Waals surface area (Å²) >= 11 is 5.81. The third-order valence-corrected chi connectivity index (χ3v) is 2.36. The lowest BCUT2D eigenvalue weighted by molar-refractivity contribution is 0.340. The first-order chi connectivity index (χ1) is 8.28. The van der Waals surface area contributed by atoms with E-state index in [1.807, 2.05) is 43.3 Å². The lowest BCUT2D eigenvalue weighted by Crippen LogP contribution is -1.94. The fourth-order valence-corrected chi connectivity index (χ4v) is 1.59. The van der Waals surface area contributed by atoms with Crippen LogP contribution < -0.4 is 10.1 Å². The molecule has 0 saturated carbocycles. The van der Waals surface area contributed by atoms with Crippen LogP contribution in [0.25, 0.3) is 0 Å². The molecule has 0 fully saturated rings. The molecule has 88 valence electrons. The summed E-state index contributed by atoms with van der Waals surface area (Å²) in [6.45, 7) is 2.63. The summed E-state index contributed by atoms with van der Waals surface area (Å²) in [4.78, 5) is 4.15. The van der Waals surface area contributed by atoms with Gasteiger partial charge in [-0.05, 0) is 43.3 Å². The molecule has 0 radical (unpaired) electrons. The van der Waals surface area contributed by atoms with E-state index >= 15 is 0 Å². The number of halogens is 1. The van der Waals surface area contributed by atoms with Gasteiger partial charge >= 0.3 is 0 Å². The van der Waals surface area contributed by atoms with Crippen molar-refractivity contribution in [2.45, 2.75) is 6.92 Å². The normalized spacial score (nSPS) is 10.0. The number of anilines is 2. The molecule has 1 aromatic heterocycles. The number of hydrogen-bond acceptors (Lipinski definition) is 3. The summed E-state index contributed by atoms with van der Waals surface area (Å²) in [6.07, 6.45) is 0. The maximum Gasteiger partial charge on any atom is 0.132 e. The van der Waals surface area contributed by atoms with Gasteiger partial charge in [0.05, 0.1) is 6.61 Å². The minimum Gasteiger partial charge on any atom is -0.494 e. The van der Waals surface area contributed by atoms with Crippen molar-refractivity contribution in [3.8, 4) is 5.75 Å². The maximum absolute atomic E-state index is 5.81. The highest BCUT2D eigenvalue weighted by atomic mass is 35.5. The van der Waals surface area contributed by atoms with Crippen LogP contribution in [0.3, 0.4) is 0 Å². The van der Waals surface area contributed by atoms with Crippen LogP contribution in [0, 0.1) is 0 Å². The molecule has 3 nitrogen and oxygen atoms in total. The largest absolute Gasteiger partial charge is 0.494 e. The number of aromatic nitrogens is 1. The third-order valence-electron chi connectivity index (χ3n) is 2.15. The van der Waals surface area contributed by atoms with Crippen LogP contribution in [-0.2, 0) is 0 Å². The summed E-state index contributed by atoms with van der Waals surface area (Å²) in [5, 5.41) is 3.64. The predicted octanol–water partition coefficient (Wildman–Crippen LogP) is 3.88. The number of pyridine rings is 1. The van der Waals surface area contributed by atoms with E-state index in [0.717, 1.165) is 17.3 Å². The molecule has 1 heterocycles. The Hall–Kier alpha value is -1.74. The molecule has 0 aliphatic rings. The van der Waals surface area contributed by atoms with Crippen LogP contribution in [0.2, 0.25) is 5.15 Å². The molecule has 0 saturated heterocycles. The van der Waals surface area contributed by atoms with E-state index in [2.05, 4.69) is 10.3 Å². The molecule has 1 N–H and O–H groups in total. The Balaban J connectivity index is 2.08. The summed E-state index contributed by atoms with van der Waals surface area (Å²) in [5.41, 5.74) is 0.947. The third kappa shape index (κ3) is 3.36. The van der Waals surface area contributed by atoms with Gasteiger partial charge in [0.2, 0.25) is 0 Å². The molecule has 0 atom stereocenters. The number of nitrogens with one attached hydrogen (secondary N) is 1. The highest BCUT2D eigenvalue weighted by Gasteiger charge is 1.97. The van der Waals surface area contributed by atoms with Gasteiger partial charge in [-0.3, -0.25) is 0 Å². The Kier molecular flexibility index (Phi) is 3.83. The molecule has 2 aromatic rings. The van der Waals surface area contributed by atoms with Crippen molar-refractivity contribution in [1.29, 1.82) is 0 Å². The Labute approximate surface area is 105 Å². The van der Waals surface area contributed by atoms with Crippen LogP contribution in [0.1, 0.15) is 6.92 Å². The van der Waals surface area contributed by atoms with Crippen LogP contribution in [0.5, 0.6) is 5.75 Å². The number of hydrogen-bond donors (Lipinski definition) is 1. The molecular weight excluding hydrogens is 236 g/mol. The maximum atomic E-state index is 5.81. The van der Waals surface area contributed by atoms with Crippen molar-refractivity contribution in [2.75, 3.05) is 11.9 Å². The Bertz CT molecular complexity index is 485. The van der Waals surface area contributed by atoms with Crippen LogP contribution >= 0.6 is 11.6 Å². The highest BCUT2D eigenvalue weighted by Crippen LogP contribution is 2.19. The quantitative estimate of drug-likeness (QED) is 0.834. The van der Waals surface area contributed by atoms with Crippen LogP contribution in [-0.4, -0.2) is 11.6 Å². The molecule has 2 rings (SSSR count). The smallest absolute Gasteiger partial charge is 0.132 e. The first-order valence-electron chi connectivity index (χ1n) is 5.40. The standard InChI is InChI=1S/C13H13ClN2O/c1-2-17-11-8-6-10(7-9-11)15-13-5-3-4-12(14)16-13/h3-9H,2H2,1H3,(H,15,16). The summed E-state index contributed by atoms with van der Waals surface area (Å²) < 4.78 is 5.37. The second-order valence-corrected chi connectivity index (χ2v) is 3.82. The van der Waals surface area contributed by atoms with Crippen molar-refractivity contribution in [2.24, 2.45) is 0 Å². The van der Waals surface area contributed by atoms with E-state index in [1.165, 1.54) is 0 Å². The topological polar surface area (TPSA) is 34.1 Å². The van der Waals surface area contributed by atoms with Crippen LogP contribution in [0.4, 0.5) is 11.5 Å². The monoisotopic (exact) mass is 248 g/mol. The molecule has 4 heteroatoms. The molecule has 0 bridgehead atoms. The lowest BCUT2D eigenvalue weighted by Gasteiger charge is -2.07. The summed E-state index contributed by atoms with van der Waals surface area (Å²) in [6, 6.07) is 13.2. The van der Waals surface area contributed by atoms with Crippen molar-refractivity contribution in [3.05, 3.63) is 47.6 Å². The fourth-order valence-electron chi connectivity index (χ4n) is 1.43. The van der Waals surface area contributed by atoms with Gasteiger partial charge in [-0.1, -0.05) is 17.7 Å². The molecule has 0 aliphatic carbocycles. The minimum absolute atomic E-state index is 0.473. The van der Waals surface area contributed by atoms with Gasteiger partial charge in [-0.25, -0.2) is 4.98 Å². The Morgan fingerprint density at radius 2 is 1.94 bits per heavy atom. The molecule has 17 heavy (non-hydrogen) atoms. The Morgan fingerprint density at radius 1 is 1.18 bits per heavy atom. The second kappa shape index (κ2) is 5.55. The predicted molar refractivity (Wildman–Crippen MR) is 70.1 cm³/mol. The SMILES string of the molecule is CCOc1ccc(Nc2cccc(Cl)n2)cc1. The molecular formula is C13H13ClN2O. The van der Waals surface area contributed by atoms with Gasteiger partial charge in [-0.15, -0.1) is 0 Å². The second-order valence-electron chi connectivity index (χ2n) is 3.43. The molecule has 0 aliphatic heterocycles. The number of ether oxygens (including phenoxy) is 1. The van der Waals surface area contributed by atoms with E-state index in [9.17, 15) is 0 Å². The average Bonchev–Trinajstić information content (AvgIpc) is 2.32. The van der Waals surface area contributed by atoms with Gasteiger partial charge in [-0.2, -0.15) is 0 Å². The van der Waals surface area contributed by atoms with Gasteiger partial charge in [0.25, 0.3) is 0 Å². The summed E-state index contributed by atoms with van der Waals surface area (Å²) in [7, 11) is 0. The Morgan fingerprint density at radius 3 is 2.59 bits per heavy atom. The van der Waals surface area contributed by atoms with E-state index < -0.39 is 0 Å². The molecule has 1 aromatic carbocycles. The van der Waals surface area contributed by atoms with Gasteiger partial charge in [0.15, 0.2) is 0 Å². The van der Waals surface area contributed by atoms with Crippen LogP contribution in [0.15, 0.2) is 42.5 Å². The van der Waals surface area contributed by atoms with Gasteiger partial charge in [0, 0.05) is 5.69 Å². The van der Waals surface area contributed by atoms with Gasteiger partial charge in [0.1, 0.15) is 16.7 Å². The van der Waals surface area contributed by atoms with Crippen molar-refractivity contribution >= 4 is 23.1 Å². The first-order valence-corrected chi connectivity index (χ1v) is 5.78. The fraction of sp³-hybridized carbons (Fsp3) is 0.154. The molecule has 0 unspecified atom stereocenters. The first kappa shape index (κ1) is 11.7. The van der Waals surface area contributed by atoms with Crippen molar-refractivity contribution in [1.82, 2.24) is 4.98 Å². The van der Waals surface area contributed by atoms with Crippen molar-refractivity contribution < 1.29 is 4.74 Å². The van der Waals surface area contributed by atoms with E-state index in [4.69, 9.17) is 16.3 Å². The van der Waals surface area contributed by atoms with Crippen molar-refractivity contribution in [3.63, 3.8) is 0 Å². The molecule has 0 spiro atoms. The number of nitrogens with zero attached hydrogens (tertiary/aromatic N) is 1. The van der Waals surface area contributed by atoms with E-state index in [1.54, 1.807) is 6.07 Å².